The van der Waals surface area contributed by atoms with E-state index in [1.807, 2.05) is 20.0 Å². The van der Waals surface area contributed by atoms with Gasteiger partial charge in [-0.15, -0.1) is 0 Å². The van der Waals surface area contributed by atoms with E-state index < -0.39 is 0 Å². The van der Waals surface area contributed by atoms with E-state index in [2.05, 4.69) is 81.7 Å². The molecule has 8 rings (SSSR count). The molecule has 4 aliphatic rings. The van der Waals surface area contributed by atoms with Gasteiger partial charge in [-0.2, -0.15) is 0 Å². The number of likely N-dealkylation sites (tertiary alicyclic amines) is 2. The highest BCUT2D eigenvalue weighted by Gasteiger charge is 2.31. The van der Waals surface area contributed by atoms with Crippen molar-refractivity contribution in [2.45, 2.75) is 133 Å². The molecule has 4 aromatic rings. The number of hydrogen-bond acceptors (Lipinski definition) is 13. The molecule has 0 bridgehead atoms. The van der Waals surface area contributed by atoms with Crippen molar-refractivity contribution in [3.8, 4) is 11.5 Å². The first-order chi connectivity index (χ1) is 32.6. The summed E-state index contributed by atoms with van der Waals surface area (Å²) in [5, 5.41) is 20.3. The third kappa shape index (κ3) is 13.4. The van der Waals surface area contributed by atoms with E-state index in [0.717, 1.165) is 92.4 Å². The van der Waals surface area contributed by atoms with E-state index in [4.69, 9.17) is 33.0 Å². The first-order valence-electron chi connectivity index (χ1n) is 25.3. The molecule has 4 saturated heterocycles. The number of aromatic hydroxyl groups is 2. The number of carbonyl (C=O) groups is 1. The lowest BCUT2D eigenvalue weighted by Gasteiger charge is -2.44. The number of halogens is 1. The van der Waals surface area contributed by atoms with Crippen LogP contribution in [0.3, 0.4) is 0 Å². The number of nitrogens with two attached hydrogens (primary N) is 2. The Morgan fingerprint density at radius 2 is 1.56 bits per heavy atom. The molecule has 0 spiro atoms. The van der Waals surface area contributed by atoms with Crippen molar-refractivity contribution < 1.29 is 15.0 Å². The predicted molar refractivity (Wildman–Crippen MR) is 281 cm³/mol. The number of hydrogen-bond donors (Lipinski definition) is 4. The minimum atomic E-state index is -0.204. The Kier molecular flexibility index (Phi) is 18.0. The van der Waals surface area contributed by atoms with Gasteiger partial charge in [0.1, 0.15) is 22.3 Å². The Bertz CT molecular complexity index is 2300. The smallest absolute Gasteiger partial charge is 0.163 e. The van der Waals surface area contributed by atoms with E-state index in [9.17, 15) is 15.0 Å². The zero-order valence-electron chi connectivity index (χ0n) is 41.7. The van der Waals surface area contributed by atoms with Crippen molar-refractivity contribution in [3.05, 3.63) is 87.6 Å². The van der Waals surface area contributed by atoms with Crippen molar-refractivity contribution in [2.75, 3.05) is 87.5 Å². The summed E-state index contributed by atoms with van der Waals surface area (Å²) in [5.74, 6) is 1.87. The lowest BCUT2D eigenvalue weighted by Crippen LogP contribution is -2.53. The third-order valence-corrected chi connectivity index (χ3v) is 16.4. The molecule has 0 atom stereocenters. The van der Waals surface area contributed by atoms with Gasteiger partial charge in [0, 0.05) is 74.9 Å². The van der Waals surface area contributed by atoms with E-state index >= 15 is 0 Å². The molecular formula is C54H78ClN9O3S. The van der Waals surface area contributed by atoms with E-state index in [0.29, 0.717) is 22.4 Å². The molecule has 1 aromatic heterocycles. The number of aryl methyl sites for hydroxylation is 2. The maximum Gasteiger partial charge on any atom is 0.163 e. The Morgan fingerprint density at radius 1 is 0.868 bits per heavy atom. The molecular weight excluding hydrogens is 890 g/mol. The van der Waals surface area contributed by atoms with Crippen LogP contribution in [0.4, 0.5) is 17.3 Å². The number of piperidine rings is 3. The van der Waals surface area contributed by atoms with Crippen LogP contribution >= 0.6 is 23.4 Å². The molecule has 5 heterocycles. The highest BCUT2D eigenvalue weighted by Crippen LogP contribution is 2.41. The van der Waals surface area contributed by atoms with Gasteiger partial charge in [0.2, 0.25) is 0 Å². The molecule has 12 nitrogen and oxygen atoms in total. The first kappa shape index (κ1) is 51.7. The second-order valence-corrected chi connectivity index (χ2v) is 21.8. The quantitative estimate of drug-likeness (QED) is 0.0889. The monoisotopic (exact) mass is 968 g/mol. The third-order valence-electron chi connectivity index (χ3n) is 14.8. The van der Waals surface area contributed by atoms with E-state index in [1.165, 1.54) is 108 Å². The van der Waals surface area contributed by atoms with Crippen molar-refractivity contribution >= 4 is 46.5 Å². The van der Waals surface area contributed by atoms with Crippen LogP contribution in [-0.4, -0.2) is 124 Å². The van der Waals surface area contributed by atoms with Gasteiger partial charge in [-0.05, 0) is 144 Å². The highest BCUT2D eigenvalue weighted by molar-refractivity contribution is 7.99. The standard InChI is InChI=1S/C43H64ClN9S.C11H14O3/c1-4-7-35-11-10-33(28-34(35)5-2)31-49-18-12-32(13-19-49)30-50-20-14-36(15-21-50)51-24-26-52(27-25-51)37-8-6-9-38(40(37)44)54-42-41(45)48-39(29-47-42)53-22-16-43(3,46)17-23-53;1-6(2)8-4-9(7(3)12)11(14)5-10(8)13/h6,8-11,28-29,32,36H,4-5,7,12-27,30-31,46H2,1-3H3,(H2,45,48);4-6,13-14H,1-3H3. The van der Waals surface area contributed by atoms with Crippen molar-refractivity contribution in [3.63, 3.8) is 0 Å². The topological polar surface area (TPSA) is 152 Å². The van der Waals surface area contributed by atoms with Gasteiger partial charge in [-0.1, -0.05) is 81.7 Å². The maximum atomic E-state index is 11.1. The Morgan fingerprint density at radius 3 is 2.19 bits per heavy atom. The predicted octanol–water partition coefficient (Wildman–Crippen LogP) is 9.62. The van der Waals surface area contributed by atoms with Crippen molar-refractivity contribution in [1.29, 1.82) is 0 Å². The molecule has 6 N–H and O–H groups in total. The minimum Gasteiger partial charge on any atom is -0.508 e. The average Bonchev–Trinajstić information content (AvgIpc) is 3.32. The largest absolute Gasteiger partial charge is 0.508 e. The minimum absolute atomic E-state index is 0.0301. The molecule has 14 heteroatoms. The van der Waals surface area contributed by atoms with Gasteiger partial charge >= 0.3 is 0 Å². The second-order valence-electron chi connectivity index (χ2n) is 20.4. The number of aromatic nitrogens is 2. The number of ketones is 1. The Labute approximate surface area is 415 Å². The van der Waals surface area contributed by atoms with E-state index in [-0.39, 0.29) is 34.3 Å². The van der Waals surface area contributed by atoms with Crippen LogP contribution in [0.5, 0.6) is 11.5 Å². The number of phenolic OH excluding ortho intramolecular Hbond substituents is 2. The first-order valence-corrected chi connectivity index (χ1v) is 26.5. The summed E-state index contributed by atoms with van der Waals surface area (Å²) in [4.78, 5) is 34.4. The van der Waals surface area contributed by atoms with Crippen LogP contribution in [0.25, 0.3) is 0 Å². The van der Waals surface area contributed by atoms with Gasteiger partial charge in [0.15, 0.2) is 11.6 Å². The number of carbonyl (C=O) groups excluding carboxylic acids is 1. The molecule has 0 aliphatic carbocycles. The molecule has 68 heavy (non-hydrogen) atoms. The summed E-state index contributed by atoms with van der Waals surface area (Å²) < 4.78 is 0. The van der Waals surface area contributed by atoms with Crippen LogP contribution < -0.4 is 21.3 Å². The molecule has 0 unspecified atom stereocenters. The molecule has 0 saturated carbocycles. The molecule has 3 aromatic carbocycles. The Balaban J connectivity index is 0.000000420. The summed E-state index contributed by atoms with van der Waals surface area (Å²) in [6.45, 7) is 25.1. The van der Waals surface area contributed by atoms with Gasteiger partial charge < -0.3 is 36.4 Å². The number of nitrogens with zero attached hydrogens (tertiary/aromatic N) is 7. The lowest BCUT2D eigenvalue weighted by atomic mass is 9.91. The number of nitrogen functional groups attached to an aromatic ring is 1. The zero-order valence-corrected chi connectivity index (χ0v) is 43.2. The van der Waals surface area contributed by atoms with Gasteiger partial charge in [0.25, 0.3) is 0 Å². The Hall–Kier alpha value is -4.11. The van der Waals surface area contributed by atoms with Crippen molar-refractivity contribution in [1.82, 2.24) is 24.7 Å². The van der Waals surface area contributed by atoms with Crippen LogP contribution in [0, 0.1) is 5.92 Å². The fraction of sp³-hybridized carbons (Fsp3) is 0.574. The SMILES string of the molecule is CC(=O)c1cc(C(C)C)c(O)cc1O.CCCc1ccc(CN2CCC(CN3CCC(N4CCN(c5cccc(Sc6ncc(N7CCC(C)(N)CC7)nc6N)c5Cl)CC4)CC3)CC2)cc1CC. The van der Waals surface area contributed by atoms with Gasteiger partial charge in [-0.25, -0.2) is 9.97 Å². The maximum absolute atomic E-state index is 11.1. The highest BCUT2D eigenvalue weighted by atomic mass is 35.5. The fourth-order valence-corrected chi connectivity index (χ4v) is 11.7. The number of benzene rings is 3. The van der Waals surface area contributed by atoms with Crippen LogP contribution in [0.2, 0.25) is 5.02 Å². The van der Waals surface area contributed by atoms with Gasteiger partial charge in [-0.3, -0.25) is 14.6 Å². The zero-order chi connectivity index (χ0) is 48.5. The number of Topliss-reactive ketones (excluding diaryl/α,β-unsaturated/α-hetero) is 1. The van der Waals surface area contributed by atoms with Crippen LogP contribution in [0.15, 0.2) is 64.6 Å². The summed E-state index contributed by atoms with van der Waals surface area (Å²) >= 11 is 8.58. The summed E-state index contributed by atoms with van der Waals surface area (Å²) in [6.07, 6.45) is 12.5. The van der Waals surface area contributed by atoms with Crippen molar-refractivity contribution in [2.24, 2.45) is 11.7 Å². The number of piperazine rings is 1. The second kappa shape index (κ2) is 23.7. The van der Waals surface area contributed by atoms with Crippen LogP contribution in [-0.2, 0) is 19.4 Å². The summed E-state index contributed by atoms with van der Waals surface area (Å²) in [6, 6.07) is 17.0. The normalized spacial score (nSPS) is 19.0. The molecule has 4 fully saturated rings. The number of anilines is 3. The summed E-state index contributed by atoms with van der Waals surface area (Å²) in [7, 11) is 0. The van der Waals surface area contributed by atoms with E-state index in [1.54, 1.807) is 11.1 Å². The fourth-order valence-electron chi connectivity index (χ4n) is 10.5. The number of phenols is 2. The van der Waals surface area contributed by atoms with Gasteiger partial charge in [0.05, 0.1) is 22.5 Å². The van der Waals surface area contributed by atoms with Crippen LogP contribution in [0.1, 0.15) is 125 Å². The molecule has 0 amide bonds. The summed E-state index contributed by atoms with van der Waals surface area (Å²) in [5.41, 5.74) is 19.3. The molecule has 4 aliphatic heterocycles. The lowest BCUT2D eigenvalue weighted by molar-refractivity contribution is 0.0809. The molecule has 0 radical (unpaired) electrons. The average molecular weight is 969 g/mol. The molecule has 370 valence electrons. The number of rotatable bonds is 14.